The van der Waals surface area contributed by atoms with E-state index in [1.54, 1.807) is 0 Å². The summed E-state index contributed by atoms with van der Waals surface area (Å²) in [6.45, 7) is 11.4. The molecule has 0 aliphatic rings. The SMILES string of the molecule is CCCCCCCCCCCCCCCCC(=O)OC[C@@H](COC(=O)CCCCCCCCCCCCCCCCCCC(C)C)OC(=O)CCCCCCCCCCCCCCCCC(C)C. The third kappa shape index (κ3) is 55.3. The summed E-state index contributed by atoms with van der Waals surface area (Å²) in [5.41, 5.74) is 0. The van der Waals surface area contributed by atoms with E-state index < -0.39 is 6.10 Å². The Bertz CT molecular complexity index is 1040. The van der Waals surface area contributed by atoms with Crippen LogP contribution in [0.1, 0.15) is 349 Å². The van der Waals surface area contributed by atoms with Crippen LogP contribution in [0.4, 0.5) is 0 Å². The molecule has 0 spiro atoms. The maximum atomic E-state index is 12.9. The second kappa shape index (κ2) is 54.7. The van der Waals surface area contributed by atoms with Gasteiger partial charge in [-0.1, -0.05) is 311 Å². The molecule has 0 N–H and O–H groups in total. The van der Waals surface area contributed by atoms with E-state index in [1.165, 1.54) is 238 Å². The Kier molecular flexibility index (Phi) is 53.5. The van der Waals surface area contributed by atoms with Gasteiger partial charge in [0.25, 0.3) is 0 Å². The molecule has 0 aromatic rings. The molecule has 0 aliphatic carbocycles. The Morgan fingerprint density at radius 2 is 0.485 bits per heavy atom. The first-order valence-electron chi connectivity index (χ1n) is 30.7. The molecule has 0 saturated carbocycles. The minimum absolute atomic E-state index is 0.0621. The van der Waals surface area contributed by atoms with E-state index in [1.807, 2.05) is 0 Å². The van der Waals surface area contributed by atoms with E-state index in [0.29, 0.717) is 19.3 Å². The first-order valence-corrected chi connectivity index (χ1v) is 30.7. The standard InChI is InChI=1S/C62H120O6/c1-6-7-8-9-10-11-12-13-22-27-32-37-42-47-52-60(63)66-55-59(68-62(65)54-49-44-39-34-29-24-19-18-21-26-31-36-41-46-51-58(4)5)56-67-61(64)53-48-43-38-33-28-23-17-15-14-16-20-25-30-35-40-45-50-57(2)3/h57-59H,6-56H2,1-5H3/t59-/m0/s1. The minimum atomic E-state index is -0.763. The molecule has 1 atom stereocenters. The third-order valence-electron chi connectivity index (χ3n) is 14.2. The number of esters is 3. The minimum Gasteiger partial charge on any atom is -0.462 e. The molecule has 0 rings (SSSR count). The number of hydrogen-bond donors (Lipinski definition) is 0. The molecule has 6 heteroatoms. The fourth-order valence-electron chi connectivity index (χ4n) is 9.58. The number of rotatable bonds is 56. The van der Waals surface area contributed by atoms with Crippen molar-refractivity contribution in [1.82, 2.24) is 0 Å². The lowest BCUT2D eigenvalue weighted by Crippen LogP contribution is -2.30. The second-order valence-corrected chi connectivity index (χ2v) is 22.3. The second-order valence-electron chi connectivity index (χ2n) is 22.3. The van der Waals surface area contributed by atoms with Gasteiger partial charge in [-0.15, -0.1) is 0 Å². The van der Waals surface area contributed by atoms with Crippen molar-refractivity contribution in [1.29, 1.82) is 0 Å². The quantitative estimate of drug-likeness (QED) is 0.0343. The molecular formula is C62H120O6. The third-order valence-corrected chi connectivity index (χ3v) is 14.2. The van der Waals surface area contributed by atoms with Gasteiger partial charge in [0.05, 0.1) is 0 Å². The van der Waals surface area contributed by atoms with E-state index in [9.17, 15) is 14.4 Å². The van der Waals surface area contributed by atoms with Gasteiger partial charge >= 0.3 is 17.9 Å². The first kappa shape index (κ1) is 66.4. The lowest BCUT2D eigenvalue weighted by molar-refractivity contribution is -0.167. The highest BCUT2D eigenvalue weighted by molar-refractivity contribution is 5.71. The lowest BCUT2D eigenvalue weighted by Gasteiger charge is -2.18. The summed E-state index contributed by atoms with van der Waals surface area (Å²) in [5.74, 6) is 0.863. The van der Waals surface area contributed by atoms with Crippen LogP contribution in [0, 0.1) is 11.8 Å². The molecule has 0 bridgehead atoms. The van der Waals surface area contributed by atoms with Crippen LogP contribution in [-0.4, -0.2) is 37.2 Å². The highest BCUT2D eigenvalue weighted by Gasteiger charge is 2.19. The summed E-state index contributed by atoms with van der Waals surface area (Å²) < 4.78 is 16.9. The van der Waals surface area contributed by atoms with Crippen molar-refractivity contribution in [3.8, 4) is 0 Å². The van der Waals surface area contributed by atoms with Gasteiger partial charge in [-0.2, -0.15) is 0 Å². The number of carbonyl (C=O) groups is 3. The van der Waals surface area contributed by atoms with Crippen LogP contribution in [0.5, 0.6) is 0 Å². The van der Waals surface area contributed by atoms with Gasteiger partial charge in [-0.3, -0.25) is 14.4 Å². The monoisotopic (exact) mass is 961 g/mol. The molecule has 0 amide bonds. The maximum Gasteiger partial charge on any atom is 0.306 e. The van der Waals surface area contributed by atoms with Crippen molar-refractivity contribution in [2.75, 3.05) is 13.2 Å². The van der Waals surface area contributed by atoms with Crippen molar-refractivity contribution in [3.05, 3.63) is 0 Å². The molecule has 0 heterocycles. The molecule has 0 saturated heterocycles. The van der Waals surface area contributed by atoms with Gasteiger partial charge < -0.3 is 14.2 Å². The Balaban J connectivity index is 4.28. The summed E-state index contributed by atoms with van der Waals surface area (Å²) in [6.07, 6.45) is 59.5. The lowest BCUT2D eigenvalue weighted by atomic mass is 10.0. The van der Waals surface area contributed by atoms with Crippen LogP contribution in [0.25, 0.3) is 0 Å². The van der Waals surface area contributed by atoms with Gasteiger partial charge in [0.2, 0.25) is 0 Å². The van der Waals surface area contributed by atoms with E-state index in [-0.39, 0.29) is 31.1 Å². The van der Waals surface area contributed by atoms with Crippen molar-refractivity contribution >= 4 is 17.9 Å². The number of carbonyl (C=O) groups excluding carboxylic acids is 3. The summed E-state index contributed by atoms with van der Waals surface area (Å²) in [6, 6.07) is 0. The zero-order chi connectivity index (χ0) is 49.6. The fourth-order valence-corrected chi connectivity index (χ4v) is 9.58. The average Bonchev–Trinajstić information content (AvgIpc) is 3.31. The first-order chi connectivity index (χ1) is 33.2. The van der Waals surface area contributed by atoms with Crippen LogP contribution >= 0.6 is 0 Å². The fraction of sp³-hybridized carbons (Fsp3) is 0.952. The maximum absolute atomic E-state index is 12.9. The molecule has 0 aromatic carbocycles. The zero-order valence-electron chi connectivity index (χ0n) is 46.7. The number of unbranched alkanes of at least 4 members (excludes halogenated alkanes) is 41. The average molecular weight is 962 g/mol. The summed E-state index contributed by atoms with van der Waals surface area (Å²) in [4.78, 5) is 38.2. The topological polar surface area (TPSA) is 78.9 Å². The predicted molar refractivity (Wildman–Crippen MR) is 293 cm³/mol. The molecule has 6 nitrogen and oxygen atoms in total. The van der Waals surface area contributed by atoms with Gasteiger partial charge in [0.1, 0.15) is 13.2 Å². The molecule has 0 radical (unpaired) electrons. The van der Waals surface area contributed by atoms with Gasteiger partial charge in [-0.25, -0.2) is 0 Å². The van der Waals surface area contributed by atoms with Crippen LogP contribution in [0.2, 0.25) is 0 Å². The smallest absolute Gasteiger partial charge is 0.306 e. The van der Waals surface area contributed by atoms with E-state index in [2.05, 4.69) is 34.6 Å². The van der Waals surface area contributed by atoms with Gasteiger partial charge in [0.15, 0.2) is 6.10 Å². The number of ether oxygens (including phenoxy) is 3. The normalized spacial score (nSPS) is 12.0. The predicted octanol–water partition coefficient (Wildman–Crippen LogP) is 20.4. The van der Waals surface area contributed by atoms with Gasteiger partial charge in [-0.05, 0) is 31.1 Å². The van der Waals surface area contributed by atoms with E-state index >= 15 is 0 Å². The molecule has 68 heavy (non-hydrogen) atoms. The highest BCUT2D eigenvalue weighted by atomic mass is 16.6. The Labute approximate surface area is 425 Å². The van der Waals surface area contributed by atoms with Crippen molar-refractivity contribution < 1.29 is 28.6 Å². The molecular weight excluding hydrogens is 841 g/mol. The van der Waals surface area contributed by atoms with Crippen molar-refractivity contribution in [2.45, 2.75) is 355 Å². The van der Waals surface area contributed by atoms with Gasteiger partial charge in [0, 0.05) is 19.3 Å². The van der Waals surface area contributed by atoms with Crippen molar-refractivity contribution in [2.24, 2.45) is 11.8 Å². The highest BCUT2D eigenvalue weighted by Crippen LogP contribution is 2.19. The van der Waals surface area contributed by atoms with Crippen LogP contribution in [0.15, 0.2) is 0 Å². The molecule has 0 fully saturated rings. The Morgan fingerprint density at radius 3 is 0.721 bits per heavy atom. The summed E-state index contributed by atoms with van der Waals surface area (Å²) in [7, 11) is 0. The van der Waals surface area contributed by atoms with Crippen LogP contribution in [-0.2, 0) is 28.6 Å². The molecule has 0 aliphatic heterocycles. The largest absolute Gasteiger partial charge is 0.462 e. The molecule has 0 unspecified atom stereocenters. The Morgan fingerprint density at radius 1 is 0.279 bits per heavy atom. The van der Waals surface area contributed by atoms with Crippen LogP contribution in [0.3, 0.4) is 0 Å². The molecule has 0 aromatic heterocycles. The van der Waals surface area contributed by atoms with E-state index in [0.717, 1.165) is 69.6 Å². The van der Waals surface area contributed by atoms with Crippen molar-refractivity contribution in [3.63, 3.8) is 0 Å². The number of hydrogen-bond acceptors (Lipinski definition) is 6. The van der Waals surface area contributed by atoms with Crippen LogP contribution < -0.4 is 0 Å². The van der Waals surface area contributed by atoms with E-state index in [4.69, 9.17) is 14.2 Å². The molecule has 404 valence electrons. The summed E-state index contributed by atoms with van der Waals surface area (Å²) >= 11 is 0. The zero-order valence-corrected chi connectivity index (χ0v) is 46.7. The Hall–Kier alpha value is -1.59. The summed E-state index contributed by atoms with van der Waals surface area (Å²) in [5, 5.41) is 0.